The lowest BCUT2D eigenvalue weighted by atomic mass is 10.3. The summed E-state index contributed by atoms with van der Waals surface area (Å²) in [6, 6.07) is 4.16. The zero-order valence-corrected chi connectivity index (χ0v) is 14.0. The molecule has 0 saturated carbocycles. The van der Waals surface area contributed by atoms with E-state index in [1.807, 2.05) is 6.92 Å². The highest BCUT2D eigenvalue weighted by molar-refractivity contribution is 7.89. The molecule has 0 aliphatic carbocycles. The van der Waals surface area contributed by atoms with Crippen molar-refractivity contribution in [2.75, 3.05) is 5.73 Å². The number of hydrogen-bond donors (Lipinski definition) is 2. The summed E-state index contributed by atoms with van der Waals surface area (Å²) in [7, 11) is -3.81. The van der Waals surface area contributed by atoms with Gasteiger partial charge in [0.25, 0.3) is 0 Å². The number of nitrogens with one attached hydrogen (secondary N) is 1. The van der Waals surface area contributed by atoms with Gasteiger partial charge in [0, 0.05) is 11.1 Å². The van der Waals surface area contributed by atoms with Gasteiger partial charge < -0.3 is 5.73 Å². The molecule has 0 spiro atoms. The average molecular weight is 346 g/mol. The fraction of sp³-hybridized carbons (Fsp3) is 0.308. The second-order valence-electron chi connectivity index (χ2n) is 4.52. The molecule has 1 heterocycles. The first-order valence-electron chi connectivity index (χ1n) is 6.36. The van der Waals surface area contributed by atoms with Gasteiger partial charge in [0.2, 0.25) is 10.0 Å². The van der Waals surface area contributed by atoms with Crippen LogP contribution >= 0.6 is 22.9 Å². The van der Waals surface area contributed by atoms with Crippen LogP contribution in [-0.2, 0) is 16.4 Å². The number of anilines is 1. The molecule has 0 amide bonds. The Morgan fingerprint density at radius 3 is 2.76 bits per heavy atom. The fourth-order valence-corrected chi connectivity index (χ4v) is 4.66. The highest BCUT2D eigenvalue weighted by Crippen LogP contribution is 2.29. The zero-order valence-electron chi connectivity index (χ0n) is 11.6. The molecule has 114 valence electrons. The molecule has 2 aromatic rings. The number of halogens is 1. The van der Waals surface area contributed by atoms with E-state index in [0.29, 0.717) is 5.01 Å². The van der Waals surface area contributed by atoms with E-state index in [2.05, 4.69) is 9.71 Å². The number of nitrogens with two attached hydrogens (primary N) is 1. The van der Waals surface area contributed by atoms with Crippen LogP contribution in [0.15, 0.2) is 29.3 Å². The molecule has 0 bridgehead atoms. The van der Waals surface area contributed by atoms with Gasteiger partial charge in [0.1, 0.15) is 9.90 Å². The number of rotatable bonds is 5. The van der Waals surface area contributed by atoms with Crippen LogP contribution in [0.25, 0.3) is 0 Å². The number of sulfonamides is 1. The average Bonchev–Trinajstić information content (AvgIpc) is 2.86. The van der Waals surface area contributed by atoms with Gasteiger partial charge in [0.15, 0.2) is 0 Å². The Bertz CT molecular complexity index is 723. The van der Waals surface area contributed by atoms with Gasteiger partial charge >= 0.3 is 0 Å². The smallest absolute Gasteiger partial charge is 0.244 e. The van der Waals surface area contributed by atoms with Gasteiger partial charge in [0.05, 0.1) is 16.8 Å². The number of hydrogen-bond acceptors (Lipinski definition) is 5. The summed E-state index contributed by atoms with van der Waals surface area (Å²) in [5, 5.41) is 0.809. The Hall–Kier alpha value is -1.15. The van der Waals surface area contributed by atoms with Crippen molar-refractivity contribution in [2.24, 2.45) is 0 Å². The Morgan fingerprint density at radius 1 is 1.48 bits per heavy atom. The van der Waals surface area contributed by atoms with E-state index in [4.69, 9.17) is 17.3 Å². The minimum absolute atomic E-state index is 0.0919. The zero-order chi connectivity index (χ0) is 15.6. The second kappa shape index (κ2) is 6.31. The number of thiazole rings is 1. The van der Waals surface area contributed by atoms with Gasteiger partial charge in [-0.25, -0.2) is 18.1 Å². The van der Waals surface area contributed by atoms with Crippen molar-refractivity contribution in [1.29, 1.82) is 0 Å². The highest BCUT2D eigenvalue weighted by Gasteiger charge is 2.24. The summed E-state index contributed by atoms with van der Waals surface area (Å²) in [6.45, 7) is 3.76. The number of nitrogens with zero attached hydrogens (tertiary/aromatic N) is 1. The van der Waals surface area contributed by atoms with Gasteiger partial charge in [-0.05, 0) is 25.5 Å². The van der Waals surface area contributed by atoms with Crippen molar-refractivity contribution in [1.82, 2.24) is 9.71 Å². The van der Waals surface area contributed by atoms with E-state index in [1.54, 1.807) is 19.2 Å². The molecule has 1 aromatic carbocycles. The van der Waals surface area contributed by atoms with E-state index in [1.165, 1.54) is 23.5 Å². The van der Waals surface area contributed by atoms with E-state index in [-0.39, 0.29) is 15.6 Å². The third kappa shape index (κ3) is 3.55. The second-order valence-corrected chi connectivity index (χ2v) is 7.72. The summed E-state index contributed by atoms with van der Waals surface area (Å²) in [6.07, 6.45) is 2.63. The summed E-state index contributed by atoms with van der Waals surface area (Å²) in [5.41, 5.74) is 5.85. The van der Waals surface area contributed by atoms with Crippen molar-refractivity contribution < 1.29 is 8.42 Å². The first kappa shape index (κ1) is 16.2. The summed E-state index contributed by atoms with van der Waals surface area (Å²) >= 11 is 7.44. The lowest BCUT2D eigenvalue weighted by molar-refractivity contribution is 0.567. The van der Waals surface area contributed by atoms with Crippen LogP contribution < -0.4 is 10.5 Å². The molecule has 0 fully saturated rings. The van der Waals surface area contributed by atoms with Crippen LogP contribution in [0.4, 0.5) is 5.69 Å². The quantitative estimate of drug-likeness (QED) is 0.816. The fourth-order valence-electron chi connectivity index (χ4n) is 1.84. The molecule has 1 atom stereocenters. The number of aryl methyl sites for hydroxylation is 1. The first-order valence-corrected chi connectivity index (χ1v) is 9.03. The molecule has 0 radical (unpaired) electrons. The van der Waals surface area contributed by atoms with Crippen LogP contribution in [-0.4, -0.2) is 13.4 Å². The Labute approximate surface area is 133 Å². The molecule has 2 rings (SSSR count). The third-order valence-corrected chi connectivity index (χ3v) is 6.30. The van der Waals surface area contributed by atoms with Crippen molar-refractivity contribution in [3.05, 3.63) is 39.3 Å². The molecule has 1 unspecified atom stereocenters. The maximum Gasteiger partial charge on any atom is 0.244 e. The van der Waals surface area contributed by atoms with Gasteiger partial charge in [-0.15, -0.1) is 11.3 Å². The van der Waals surface area contributed by atoms with E-state index < -0.39 is 16.1 Å². The largest absolute Gasteiger partial charge is 0.398 e. The summed E-state index contributed by atoms with van der Waals surface area (Å²) < 4.78 is 27.4. The van der Waals surface area contributed by atoms with Crippen LogP contribution in [0.5, 0.6) is 0 Å². The van der Waals surface area contributed by atoms with Crippen molar-refractivity contribution in [3.8, 4) is 0 Å². The number of nitrogen functional groups attached to an aromatic ring is 1. The molecule has 8 heteroatoms. The lowest BCUT2D eigenvalue weighted by Crippen LogP contribution is -2.27. The monoisotopic (exact) mass is 345 g/mol. The SMILES string of the molecule is CCc1cnc(C(C)NS(=O)(=O)c2c(N)cccc2Cl)s1. The first-order chi connectivity index (χ1) is 9.85. The molecular weight excluding hydrogens is 330 g/mol. The standard InChI is InChI=1S/C13H16ClN3O2S2/c1-3-9-7-16-13(20-9)8(2)17-21(18,19)12-10(14)5-4-6-11(12)15/h4-8,17H,3,15H2,1-2H3. The van der Waals surface area contributed by atoms with Gasteiger partial charge in [-0.1, -0.05) is 24.6 Å². The van der Waals surface area contributed by atoms with Crippen LogP contribution in [0.2, 0.25) is 5.02 Å². The molecule has 0 aliphatic heterocycles. The molecule has 3 N–H and O–H groups in total. The Morgan fingerprint density at radius 2 is 2.19 bits per heavy atom. The Balaban J connectivity index is 2.29. The third-order valence-electron chi connectivity index (χ3n) is 2.89. The lowest BCUT2D eigenvalue weighted by Gasteiger charge is -2.14. The predicted octanol–water partition coefficient (Wildman–Crippen LogP) is 2.98. The summed E-state index contributed by atoms with van der Waals surface area (Å²) in [5.74, 6) is 0. The van der Waals surface area contributed by atoms with Gasteiger partial charge in [-0.3, -0.25) is 0 Å². The van der Waals surface area contributed by atoms with Crippen LogP contribution in [0.3, 0.4) is 0 Å². The van der Waals surface area contributed by atoms with Crippen molar-refractivity contribution in [3.63, 3.8) is 0 Å². The van der Waals surface area contributed by atoms with Crippen LogP contribution in [0, 0.1) is 0 Å². The van der Waals surface area contributed by atoms with Crippen molar-refractivity contribution in [2.45, 2.75) is 31.2 Å². The van der Waals surface area contributed by atoms with Gasteiger partial charge in [-0.2, -0.15) is 0 Å². The molecule has 21 heavy (non-hydrogen) atoms. The van der Waals surface area contributed by atoms with E-state index in [0.717, 1.165) is 11.3 Å². The minimum Gasteiger partial charge on any atom is -0.398 e. The highest BCUT2D eigenvalue weighted by atomic mass is 35.5. The molecule has 1 aromatic heterocycles. The predicted molar refractivity (Wildman–Crippen MR) is 86.1 cm³/mol. The molecular formula is C13H16ClN3O2S2. The summed E-state index contributed by atoms with van der Waals surface area (Å²) in [4.78, 5) is 5.25. The van der Waals surface area contributed by atoms with E-state index in [9.17, 15) is 8.42 Å². The molecule has 0 aliphatic rings. The van der Waals surface area contributed by atoms with Crippen LogP contribution in [0.1, 0.15) is 29.8 Å². The topological polar surface area (TPSA) is 85.1 Å². The molecule has 0 saturated heterocycles. The number of benzene rings is 1. The number of aromatic nitrogens is 1. The minimum atomic E-state index is -3.81. The Kier molecular flexibility index (Phi) is 4.88. The normalized spacial score (nSPS) is 13.3. The van der Waals surface area contributed by atoms with E-state index >= 15 is 0 Å². The maximum absolute atomic E-state index is 12.4. The van der Waals surface area contributed by atoms with Crippen molar-refractivity contribution >= 4 is 38.6 Å². The maximum atomic E-state index is 12.4. The molecule has 5 nitrogen and oxygen atoms in total.